The molecule has 0 heterocycles. The molecular formula is C36H33BrO3Sn. The van der Waals surface area contributed by atoms with Crippen LogP contribution in [-0.4, -0.2) is 36.0 Å². The van der Waals surface area contributed by atoms with Crippen LogP contribution in [0.25, 0.3) is 32.3 Å². The Morgan fingerprint density at radius 1 is 0.439 bits per heavy atom. The molecule has 0 unspecified atom stereocenters. The number of hydrogen-bond acceptors (Lipinski definition) is 3. The molecule has 206 valence electrons. The first-order valence-electron chi connectivity index (χ1n) is 14.3. The van der Waals surface area contributed by atoms with Crippen LogP contribution in [0.2, 0.25) is 0 Å². The maximum atomic E-state index is 6.50. The molecule has 3 nitrogen and oxygen atoms in total. The Morgan fingerprint density at radius 2 is 0.732 bits per heavy atom. The van der Waals surface area contributed by atoms with Gasteiger partial charge in [0.1, 0.15) is 0 Å². The van der Waals surface area contributed by atoms with Crippen LogP contribution in [0.15, 0.2) is 109 Å². The van der Waals surface area contributed by atoms with Crippen molar-refractivity contribution in [2.24, 2.45) is 0 Å². The summed E-state index contributed by atoms with van der Waals surface area (Å²) in [6.45, 7) is 7.87. The molecule has 0 aliphatic heterocycles. The minimum absolute atomic E-state index is 0.571. The monoisotopic (exact) mass is 712 g/mol. The summed E-state index contributed by atoms with van der Waals surface area (Å²) in [5.41, 5.74) is 0. The van der Waals surface area contributed by atoms with Gasteiger partial charge in [-0.25, -0.2) is 0 Å². The molecule has 0 amide bonds. The molecule has 5 heteroatoms. The summed E-state index contributed by atoms with van der Waals surface area (Å²) in [7, 11) is 0. The van der Waals surface area contributed by atoms with Gasteiger partial charge in [0.15, 0.2) is 0 Å². The average molecular weight is 712 g/mol. The first kappa shape index (κ1) is 27.9. The van der Waals surface area contributed by atoms with Gasteiger partial charge in [0, 0.05) is 0 Å². The third-order valence-corrected chi connectivity index (χ3v) is 25.9. The van der Waals surface area contributed by atoms with E-state index >= 15 is 0 Å². The second-order valence-corrected chi connectivity index (χ2v) is 26.0. The predicted octanol–water partition coefficient (Wildman–Crippen LogP) is 7.70. The molecule has 0 saturated carbocycles. The molecule has 0 atom stereocenters. The Kier molecular flexibility index (Phi) is 8.14. The van der Waals surface area contributed by atoms with E-state index < -0.39 is 16.2 Å². The van der Waals surface area contributed by atoms with E-state index in [1.54, 1.807) is 0 Å². The molecule has 0 fully saturated rings. The SMILES string of the molecule is CCOc1ccc2ccccc2[c]1[Sn]([Br])([c]1c(OCC)ccc2ccccc12)[c]1c(OCC)ccc2ccccc12. The van der Waals surface area contributed by atoms with Crippen molar-refractivity contribution in [3.63, 3.8) is 0 Å². The first-order chi connectivity index (χ1) is 20.1. The van der Waals surface area contributed by atoms with Gasteiger partial charge in [-0.1, -0.05) is 0 Å². The fourth-order valence-electron chi connectivity index (χ4n) is 6.02. The van der Waals surface area contributed by atoms with Gasteiger partial charge in [-0.05, 0) is 0 Å². The molecule has 0 N–H and O–H groups in total. The summed E-state index contributed by atoms with van der Waals surface area (Å²) >= 11 is 0.371. The molecule has 0 saturated heterocycles. The van der Waals surface area contributed by atoms with E-state index in [0.717, 1.165) is 17.2 Å². The zero-order valence-corrected chi connectivity index (χ0v) is 28.1. The first-order valence-corrected chi connectivity index (χ1v) is 24.9. The summed E-state index contributed by atoms with van der Waals surface area (Å²) in [5.74, 6) is 2.72. The Hall–Kier alpha value is -3.22. The molecule has 41 heavy (non-hydrogen) atoms. The molecule has 0 aliphatic carbocycles. The summed E-state index contributed by atoms with van der Waals surface area (Å²) in [6.07, 6.45) is 0. The van der Waals surface area contributed by atoms with Crippen molar-refractivity contribution in [2.75, 3.05) is 19.8 Å². The second kappa shape index (κ2) is 11.9. The Morgan fingerprint density at radius 3 is 1.02 bits per heavy atom. The summed E-state index contributed by atoms with van der Waals surface area (Å²) in [5, 5.41) is 7.12. The number of fused-ring (bicyclic) bond motifs is 3. The number of halogens is 1. The maximum absolute atomic E-state index is 6.50. The third kappa shape index (κ3) is 4.85. The topological polar surface area (TPSA) is 27.7 Å². The van der Waals surface area contributed by atoms with E-state index in [-0.39, 0.29) is 0 Å². The van der Waals surface area contributed by atoms with Crippen LogP contribution in [0.5, 0.6) is 17.2 Å². The third-order valence-electron chi connectivity index (χ3n) is 7.61. The average Bonchev–Trinajstić information content (AvgIpc) is 3.01. The molecule has 6 rings (SSSR count). The summed E-state index contributed by atoms with van der Waals surface area (Å²) in [6, 6.07) is 38.9. The molecule has 0 aromatic heterocycles. The van der Waals surface area contributed by atoms with Crippen LogP contribution >= 0.6 is 12.7 Å². The zero-order valence-electron chi connectivity index (χ0n) is 23.6. The quantitative estimate of drug-likeness (QED) is 0.144. The van der Waals surface area contributed by atoms with E-state index in [1.165, 1.54) is 43.1 Å². The normalized spacial score (nSPS) is 11.7. The molecule has 0 radical (unpaired) electrons. The van der Waals surface area contributed by atoms with Gasteiger partial charge in [-0.2, -0.15) is 0 Å². The van der Waals surface area contributed by atoms with Gasteiger partial charge < -0.3 is 0 Å². The van der Waals surface area contributed by atoms with Gasteiger partial charge in [-0.15, -0.1) is 0 Å². The fraction of sp³-hybridized carbons (Fsp3) is 0.167. The van der Waals surface area contributed by atoms with E-state index in [0.29, 0.717) is 19.8 Å². The Labute approximate surface area is 251 Å². The summed E-state index contributed by atoms with van der Waals surface area (Å²) < 4.78 is 23.2. The minimum atomic E-state index is -4.33. The van der Waals surface area contributed by atoms with Crippen LogP contribution < -0.4 is 24.9 Å². The van der Waals surface area contributed by atoms with Crippen molar-refractivity contribution >= 4 is 71.9 Å². The molecule has 0 spiro atoms. The number of hydrogen-bond donors (Lipinski definition) is 0. The van der Waals surface area contributed by atoms with Gasteiger partial charge >= 0.3 is 253 Å². The second-order valence-electron chi connectivity index (χ2n) is 9.94. The van der Waals surface area contributed by atoms with Crippen molar-refractivity contribution in [3.8, 4) is 17.2 Å². The number of benzene rings is 6. The van der Waals surface area contributed by atoms with E-state index in [9.17, 15) is 0 Å². The zero-order chi connectivity index (χ0) is 28.4. The van der Waals surface area contributed by atoms with Crippen LogP contribution in [0, 0.1) is 0 Å². The summed E-state index contributed by atoms with van der Waals surface area (Å²) in [4.78, 5) is 0. The van der Waals surface area contributed by atoms with Crippen molar-refractivity contribution in [1.29, 1.82) is 0 Å². The van der Waals surface area contributed by atoms with Crippen molar-refractivity contribution in [3.05, 3.63) is 109 Å². The fourth-order valence-corrected chi connectivity index (χ4v) is 25.8. The molecule has 0 aliphatic rings. The van der Waals surface area contributed by atoms with E-state index in [2.05, 4.69) is 130 Å². The van der Waals surface area contributed by atoms with Crippen LogP contribution in [-0.2, 0) is 0 Å². The molecule has 6 aromatic rings. The Balaban J connectivity index is 1.90. The molecule has 6 aromatic carbocycles. The van der Waals surface area contributed by atoms with Gasteiger partial charge in [0.2, 0.25) is 0 Å². The van der Waals surface area contributed by atoms with Gasteiger partial charge in [0.25, 0.3) is 0 Å². The van der Waals surface area contributed by atoms with Crippen molar-refractivity contribution < 1.29 is 14.2 Å². The standard InChI is InChI=1S/3C12H11O.BrH.Sn/c3*1-2-13-12-8-7-10-5-3-4-6-11(10)9-12;;/h3*3-8H,2H2,1H3;1H;/q;;;;+1/p-1. The van der Waals surface area contributed by atoms with E-state index in [4.69, 9.17) is 26.9 Å². The molecule has 0 bridgehead atoms. The number of rotatable bonds is 9. The van der Waals surface area contributed by atoms with Crippen molar-refractivity contribution in [1.82, 2.24) is 0 Å². The van der Waals surface area contributed by atoms with Crippen molar-refractivity contribution in [2.45, 2.75) is 20.8 Å². The van der Waals surface area contributed by atoms with Crippen LogP contribution in [0.1, 0.15) is 20.8 Å². The number of ether oxygens (including phenoxy) is 3. The molecular weight excluding hydrogens is 679 g/mol. The van der Waals surface area contributed by atoms with Gasteiger partial charge in [0.05, 0.1) is 0 Å². The van der Waals surface area contributed by atoms with Gasteiger partial charge in [-0.3, -0.25) is 0 Å². The van der Waals surface area contributed by atoms with E-state index in [1.807, 2.05) is 0 Å². The van der Waals surface area contributed by atoms with Crippen LogP contribution in [0.3, 0.4) is 0 Å². The van der Waals surface area contributed by atoms with Crippen LogP contribution in [0.4, 0.5) is 0 Å². The predicted molar refractivity (Wildman–Crippen MR) is 179 cm³/mol. The Bertz CT molecular complexity index is 1650.